The highest BCUT2D eigenvalue weighted by atomic mass is 16.4. The molecule has 9 nitrogen and oxygen atoms in total. The maximum absolute atomic E-state index is 11.9. The number of benzene rings is 2. The quantitative estimate of drug-likeness (QED) is 0.386. The number of tetrazole rings is 1. The van der Waals surface area contributed by atoms with E-state index in [9.17, 15) is 9.90 Å². The van der Waals surface area contributed by atoms with Crippen molar-refractivity contribution >= 4 is 17.6 Å². The van der Waals surface area contributed by atoms with E-state index in [1.807, 2.05) is 48.2 Å². The number of hydrogen-bond donors (Lipinski definition) is 2. The number of rotatable bonds is 9. The van der Waals surface area contributed by atoms with Gasteiger partial charge in [-0.2, -0.15) is 0 Å². The highest BCUT2D eigenvalue weighted by Crippen LogP contribution is 2.30. The highest BCUT2D eigenvalue weighted by Gasteiger charge is 2.19. The van der Waals surface area contributed by atoms with E-state index in [-0.39, 0.29) is 5.56 Å². The van der Waals surface area contributed by atoms with E-state index >= 15 is 0 Å². The minimum atomic E-state index is -0.984. The van der Waals surface area contributed by atoms with Gasteiger partial charge in [0.05, 0.1) is 0 Å². The second-order valence-corrected chi connectivity index (χ2v) is 8.15. The van der Waals surface area contributed by atoms with Crippen LogP contribution in [0.4, 0.5) is 11.6 Å². The van der Waals surface area contributed by atoms with E-state index in [0.29, 0.717) is 24.7 Å². The molecule has 0 amide bonds. The summed E-state index contributed by atoms with van der Waals surface area (Å²) in [6.45, 7) is 3.31. The topological polar surface area (TPSA) is 111 Å². The first-order valence-electron chi connectivity index (χ1n) is 11.1. The van der Waals surface area contributed by atoms with Crippen LogP contribution < -0.4 is 9.80 Å². The Labute approximate surface area is 198 Å². The van der Waals surface area contributed by atoms with Crippen LogP contribution in [0.5, 0.6) is 0 Å². The first kappa shape index (κ1) is 22.9. The molecule has 34 heavy (non-hydrogen) atoms. The largest absolute Gasteiger partial charge is 0.478 e. The number of aromatic carboxylic acids is 1. The van der Waals surface area contributed by atoms with Crippen LogP contribution in [0.3, 0.4) is 0 Å². The SMILES string of the molecule is CCCN(Cc1ccc(-c2ccccc2-c2nnn[nH]2)cc1)c1nc(N(C)C)ccc1C(=O)O. The Bertz CT molecular complexity index is 1250. The van der Waals surface area contributed by atoms with Gasteiger partial charge in [0.2, 0.25) is 0 Å². The van der Waals surface area contributed by atoms with Gasteiger partial charge in [-0.05, 0) is 45.7 Å². The number of aromatic nitrogens is 5. The van der Waals surface area contributed by atoms with E-state index < -0.39 is 5.97 Å². The number of carboxylic acids is 1. The summed E-state index contributed by atoms with van der Waals surface area (Å²) in [7, 11) is 3.78. The molecule has 4 rings (SSSR count). The van der Waals surface area contributed by atoms with Gasteiger partial charge in [0.25, 0.3) is 0 Å². The standard InChI is InChI=1S/C25H27N7O2/c1-4-15-32(24-21(25(33)34)13-14-22(26-24)31(2)3)16-17-9-11-18(12-10-17)19-7-5-6-8-20(19)23-27-29-30-28-23/h5-14H,4,15-16H2,1-3H3,(H,33,34)(H,27,28,29,30). The van der Waals surface area contributed by atoms with Crippen molar-refractivity contribution in [3.63, 3.8) is 0 Å². The summed E-state index contributed by atoms with van der Waals surface area (Å²) in [6.07, 6.45) is 0.865. The number of H-pyrrole nitrogens is 1. The van der Waals surface area contributed by atoms with Gasteiger partial charge in [0.1, 0.15) is 17.2 Å². The van der Waals surface area contributed by atoms with Crippen LogP contribution in [-0.4, -0.2) is 57.3 Å². The molecule has 0 bridgehead atoms. The van der Waals surface area contributed by atoms with E-state index in [4.69, 9.17) is 0 Å². The summed E-state index contributed by atoms with van der Waals surface area (Å²) < 4.78 is 0. The first-order chi connectivity index (χ1) is 16.5. The zero-order valence-electron chi connectivity index (χ0n) is 19.4. The third kappa shape index (κ3) is 4.88. The van der Waals surface area contributed by atoms with Crippen LogP contribution in [0, 0.1) is 0 Å². The summed E-state index contributed by atoms with van der Waals surface area (Å²) >= 11 is 0. The lowest BCUT2D eigenvalue weighted by Crippen LogP contribution is -2.27. The Kier molecular flexibility index (Phi) is 6.82. The number of nitrogens with zero attached hydrogens (tertiary/aromatic N) is 6. The van der Waals surface area contributed by atoms with Crippen LogP contribution in [-0.2, 0) is 6.54 Å². The normalized spacial score (nSPS) is 10.8. The number of hydrogen-bond acceptors (Lipinski definition) is 7. The molecule has 0 aliphatic rings. The van der Waals surface area contributed by atoms with E-state index in [2.05, 4.69) is 56.8 Å². The van der Waals surface area contributed by atoms with Gasteiger partial charge in [0, 0.05) is 32.7 Å². The molecule has 0 aliphatic heterocycles. The molecule has 2 aromatic carbocycles. The van der Waals surface area contributed by atoms with Crippen LogP contribution in [0.2, 0.25) is 0 Å². The van der Waals surface area contributed by atoms with Crippen molar-refractivity contribution in [1.82, 2.24) is 25.6 Å². The molecule has 0 atom stereocenters. The molecule has 0 saturated carbocycles. The van der Waals surface area contributed by atoms with Crippen LogP contribution >= 0.6 is 0 Å². The molecule has 2 heterocycles. The third-order valence-corrected chi connectivity index (χ3v) is 5.51. The summed E-state index contributed by atoms with van der Waals surface area (Å²) in [5, 5.41) is 24.0. The zero-order valence-corrected chi connectivity index (χ0v) is 19.4. The van der Waals surface area contributed by atoms with Crippen molar-refractivity contribution < 1.29 is 9.90 Å². The Balaban J connectivity index is 1.64. The zero-order chi connectivity index (χ0) is 24.1. The van der Waals surface area contributed by atoms with Crippen LogP contribution in [0.15, 0.2) is 60.7 Å². The maximum atomic E-state index is 11.9. The number of anilines is 2. The lowest BCUT2D eigenvalue weighted by Gasteiger charge is -2.26. The fraction of sp³-hybridized carbons (Fsp3) is 0.240. The predicted octanol–water partition coefficient (Wildman–Crippen LogP) is 4.11. The van der Waals surface area contributed by atoms with Crippen molar-refractivity contribution in [1.29, 1.82) is 0 Å². The minimum Gasteiger partial charge on any atom is -0.478 e. The van der Waals surface area contributed by atoms with Crippen molar-refractivity contribution in [2.75, 3.05) is 30.4 Å². The smallest absolute Gasteiger partial charge is 0.339 e. The fourth-order valence-electron chi connectivity index (χ4n) is 3.85. The van der Waals surface area contributed by atoms with Crippen LogP contribution in [0.25, 0.3) is 22.5 Å². The molecule has 9 heteroatoms. The van der Waals surface area contributed by atoms with Gasteiger partial charge in [-0.25, -0.2) is 14.9 Å². The Morgan fingerprint density at radius 1 is 1.00 bits per heavy atom. The second-order valence-electron chi connectivity index (χ2n) is 8.15. The van der Waals surface area contributed by atoms with Gasteiger partial charge in [-0.15, -0.1) is 5.10 Å². The summed E-state index contributed by atoms with van der Waals surface area (Å²) in [4.78, 5) is 20.5. The molecule has 0 unspecified atom stereocenters. The molecule has 2 N–H and O–H groups in total. The van der Waals surface area contributed by atoms with Crippen molar-refractivity contribution in [2.45, 2.75) is 19.9 Å². The average Bonchev–Trinajstić information content (AvgIpc) is 3.39. The van der Waals surface area contributed by atoms with E-state index in [0.717, 1.165) is 34.5 Å². The number of aromatic amines is 1. The fourth-order valence-corrected chi connectivity index (χ4v) is 3.85. The Morgan fingerprint density at radius 2 is 1.74 bits per heavy atom. The summed E-state index contributed by atoms with van der Waals surface area (Å²) in [5.74, 6) is 0.826. The molecular weight excluding hydrogens is 430 g/mol. The second kappa shape index (κ2) is 10.1. The lowest BCUT2D eigenvalue weighted by molar-refractivity contribution is 0.0697. The molecule has 0 fully saturated rings. The monoisotopic (exact) mass is 457 g/mol. The van der Waals surface area contributed by atoms with Gasteiger partial charge < -0.3 is 14.9 Å². The average molecular weight is 458 g/mol. The molecule has 0 aliphatic carbocycles. The van der Waals surface area contributed by atoms with Crippen molar-refractivity contribution in [3.05, 3.63) is 71.8 Å². The Morgan fingerprint density at radius 3 is 2.35 bits per heavy atom. The molecule has 2 aromatic heterocycles. The van der Waals surface area contributed by atoms with Crippen molar-refractivity contribution in [3.8, 4) is 22.5 Å². The third-order valence-electron chi connectivity index (χ3n) is 5.51. The number of nitrogens with one attached hydrogen (secondary N) is 1. The molecule has 0 saturated heterocycles. The first-order valence-corrected chi connectivity index (χ1v) is 11.1. The lowest BCUT2D eigenvalue weighted by atomic mass is 9.98. The molecule has 0 radical (unpaired) electrons. The molecule has 4 aromatic rings. The maximum Gasteiger partial charge on any atom is 0.339 e. The minimum absolute atomic E-state index is 0.199. The molecule has 174 valence electrons. The number of carboxylic acid groups (broad SMARTS) is 1. The summed E-state index contributed by atoms with van der Waals surface area (Å²) in [5.41, 5.74) is 4.24. The molecule has 0 spiro atoms. The van der Waals surface area contributed by atoms with Gasteiger partial charge in [-0.1, -0.05) is 55.5 Å². The highest BCUT2D eigenvalue weighted by molar-refractivity contribution is 5.93. The van der Waals surface area contributed by atoms with E-state index in [1.165, 1.54) is 0 Å². The van der Waals surface area contributed by atoms with Gasteiger partial charge in [-0.3, -0.25) is 0 Å². The summed E-state index contributed by atoms with van der Waals surface area (Å²) in [6, 6.07) is 19.5. The van der Waals surface area contributed by atoms with Gasteiger partial charge >= 0.3 is 5.97 Å². The predicted molar refractivity (Wildman–Crippen MR) is 132 cm³/mol. The van der Waals surface area contributed by atoms with Gasteiger partial charge in [0.15, 0.2) is 5.82 Å². The molecular formula is C25H27N7O2. The van der Waals surface area contributed by atoms with Crippen LogP contribution in [0.1, 0.15) is 29.3 Å². The van der Waals surface area contributed by atoms with E-state index in [1.54, 1.807) is 12.1 Å². The van der Waals surface area contributed by atoms with Crippen molar-refractivity contribution in [2.24, 2.45) is 0 Å². The number of pyridine rings is 1. The number of carbonyl (C=O) groups is 1. The Hall–Kier alpha value is -4.27.